The maximum Gasteiger partial charge on any atom is 0.263 e. The second-order valence-electron chi connectivity index (χ2n) is 6.74. The summed E-state index contributed by atoms with van der Waals surface area (Å²) in [5.41, 5.74) is 3.27. The van der Waals surface area contributed by atoms with Crippen LogP contribution in [0.25, 0.3) is 10.2 Å². The fourth-order valence-electron chi connectivity index (χ4n) is 3.36. The van der Waals surface area contributed by atoms with E-state index in [1.807, 2.05) is 25.1 Å². The fourth-order valence-corrected chi connectivity index (χ4v) is 5.58. The van der Waals surface area contributed by atoms with Gasteiger partial charge in [0.25, 0.3) is 5.56 Å². The van der Waals surface area contributed by atoms with E-state index in [-0.39, 0.29) is 5.56 Å². The summed E-state index contributed by atoms with van der Waals surface area (Å²) >= 11 is 3.27. The summed E-state index contributed by atoms with van der Waals surface area (Å²) in [6.07, 6.45) is 6.24. The maximum absolute atomic E-state index is 13.3. The Hall–Kier alpha value is -1.92. The second-order valence-corrected chi connectivity index (χ2v) is 8.77. The molecule has 3 aromatic rings. The third-order valence-electron chi connectivity index (χ3n) is 4.54. The first kappa shape index (κ1) is 17.5. The molecule has 26 heavy (non-hydrogen) atoms. The van der Waals surface area contributed by atoms with E-state index >= 15 is 0 Å². The van der Waals surface area contributed by atoms with E-state index in [0.29, 0.717) is 12.3 Å². The van der Waals surface area contributed by atoms with Crippen LogP contribution in [0.15, 0.2) is 46.5 Å². The number of rotatable bonds is 5. The molecule has 0 spiro atoms. The molecule has 0 saturated carbocycles. The van der Waals surface area contributed by atoms with Gasteiger partial charge >= 0.3 is 0 Å². The molecule has 0 atom stereocenters. The minimum Gasteiger partial charge on any atom is -0.283 e. The molecule has 3 heterocycles. The zero-order chi connectivity index (χ0) is 18.1. The minimum atomic E-state index is 0.0842. The lowest BCUT2D eigenvalue weighted by Crippen LogP contribution is -2.24. The summed E-state index contributed by atoms with van der Waals surface area (Å²) in [5.74, 6) is 0.695. The van der Waals surface area contributed by atoms with Crippen molar-refractivity contribution in [3.63, 3.8) is 0 Å². The number of aromatic nitrogens is 3. The molecule has 0 fully saturated rings. The number of hydrogen-bond donors (Lipinski definition) is 0. The van der Waals surface area contributed by atoms with Crippen LogP contribution in [-0.4, -0.2) is 14.5 Å². The Morgan fingerprint density at radius 2 is 2.19 bits per heavy atom. The quantitative estimate of drug-likeness (QED) is 0.367. The molecule has 0 unspecified atom stereocenters. The molecule has 1 aliphatic rings. The van der Waals surface area contributed by atoms with Gasteiger partial charge < -0.3 is 0 Å². The number of allylic oxidation sites excluding steroid dienone is 1. The van der Waals surface area contributed by atoms with Gasteiger partial charge in [-0.2, -0.15) is 0 Å². The van der Waals surface area contributed by atoms with Crippen LogP contribution in [0, 0.1) is 0 Å². The summed E-state index contributed by atoms with van der Waals surface area (Å²) in [7, 11) is 0. The average Bonchev–Trinajstić information content (AvgIpc) is 3.01. The van der Waals surface area contributed by atoms with Gasteiger partial charge in [-0.25, -0.2) is 4.98 Å². The average molecular weight is 384 g/mol. The highest BCUT2D eigenvalue weighted by Gasteiger charge is 2.22. The molecule has 0 aliphatic heterocycles. The first-order valence-corrected chi connectivity index (χ1v) is 10.7. The van der Waals surface area contributed by atoms with Crippen LogP contribution in [0.3, 0.4) is 0 Å². The van der Waals surface area contributed by atoms with Crippen molar-refractivity contribution in [1.82, 2.24) is 14.5 Å². The van der Waals surface area contributed by atoms with Crippen molar-refractivity contribution >= 4 is 33.3 Å². The highest BCUT2D eigenvalue weighted by molar-refractivity contribution is 7.98. The van der Waals surface area contributed by atoms with Crippen molar-refractivity contribution in [2.24, 2.45) is 0 Å². The number of nitrogens with zero attached hydrogens (tertiary/aromatic N) is 3. The Morgan fingerprint density at radius 1 is 1.35 bits per heavy atom. The van der Waals surface area contributed by atoms with Gasteiger partial charge in [0, 0.05) is 23.4 Å². The van der Waals surface area contributed by atoms with Gasteiger partial charge in [-0.05, 0) is 50.3 Å². The molecule has 0 N–H and O–H groups in total. The molecule has 0 bridgehead atoms. The largest absolute Gasteiger partial charge is 0.283 e. The molecule has 134 valence electrons. The third-order valence-corrected chi connectivity index (χ3v) is 6.74. The molecule has 1 aliphatic carbocycles. The predicted octanol–water partition coefficient (Wildman–Crippen LogP) is 4.60. The third kappa shape index (κ3) is 3.35. The lowest BCUT2D eigenvalue weighted by atomic mass is 9.97. The Morgan fingerprint density at radius 3 is 2.96 bits per heavy atom. The van der Waals surface area contributed by atoms with Gasteiger partial charge in [0.15, 0.2) is 5.16 Å². The Kier molecular flexibility index (Phi) is 4.96. The van der Waals surface area contributed by atoms with Gasteiger partial charge in [-0.1, -0.05) is 30.0 Å². The number of aryl methyl sites for hydroxylation is 2. The lowest BCUT2D eigenvalue weighted by Gasteiger charge is -2.13. The van der Waals surface area contributed by atoms with Crippen LogP contribution in [0.4, 0.5) is 0 Å². The molecule has 0 aromatic carbocycles. The highest BCUT2D eigenvalue weighted by atomic mass is 32.2. The summed E-state index contributed by atoms with van der Waals surface area (Å²) in [6.45, 7) is 6.46. The van der Waals surface area contributed by atoms with Gasteiger partial charge in [-0.15, -0.1) is 11.3 Å². The molecule has 3 aromatic heterocycles. The highest BCUT2D eigenvalue weighted by Crippen LogP contribution is 2.35. The monoisotopic (exact) mass is 383 g/mol. The maximum atomic E-state index is 13.3. The van der Waals surface area contributed by atoms with Crippen LogP contribution < -0.4 is 5.56 Å². The first-order chi connectivity index (χ1) is 12.6. The Balaban J connectivity index is 1.79. The van der Waals surface area contributed by atoms with Crippen LogP contribution >= 0.6 is 23.1 Å². The smallest absolute Gasteiger partial charge is 0.263 e. The van der Waals surface area contributed by atoms with E-state index in [9.17, 15) is 4.79 Å². The van der Waals surface area contributed by atoms with E-state index in [1.165, 1.54) is 16.9 Å². The summed E-state index contributed by atoms with van der Waals surface area (Å²) < 4.78 is 1.79. The summed E-state index contributed by atoms with van der Waals surface area (Å²) in [6, 6.07) is 5.88. The van der Waals surface area contributed by atoms with Crippen LogP contribution in [0.5, 0.6) is 0 Å². The standard InChI is InChI=1S/C20H21N3OS2/c1-13(2)11-23-19(24)17-15-8-3-4-9-16(15)26-18(17)22-20(23)25-12-14-7-5-6-10-21-14/h5-7,10H,1,3-4,8-9,11-12H2,2H3. The lowest BCUT2D eigenvalue weighted by molar-refractivity contribution is 0.649. The minimum absolute atomic E-state index is 0.0842. The van der Waals surface area contributed by atoms with E-state index in [0.717, 1.165) is 45.9 Å². The second kappa shape index (κ2) is 7.37. The Bertz CT molecular complexity index is 1020. The Labute approximate surface area is 161 Å². The molecule has 4 nitrogen and oxygen atoms in total. The van der Waals surface area contributed by atoms with E-state index in [4.69, 9.17) is 4.98 Å². The fraction of sp³-hybridized carbons (Fsp3) is 0.350. The topological polar surface area (TPSA) is 47.8 Å². The van der Waals surface area contributed by atoms with E-state index < -0.39 is 0 Å². The normalized spacial score (nSPS) is 13.7. The van der Waals surface area contributed by atoms with Gasteiger partial charge in [-0.3, -0.25) is 14.3 Å². The van der Waals surface area contributed by atoms with Crippen LogP contribution in [-0.2, 0) is 25.1 Å². The van der Waals surface area contributed by atoms with Crippen molar-refractivity contribution in [2.45, 2.75) is 50.1 Å². The number of pyridine rings is 1. The molecular formula is C20H21N3OS2. The first-order valence-electron chi connectivity index (χ1n) is 8.85. The van der Waals surface area contributed by atoms with Crippen molar-refractivity contribution in [2.75, 3.05) is 0 Å². The molecule has 6 heteroatoms. The predicted molar refractivity (Wildman–Crippen MR) is 109 cm³/mol. The van der Waals surface area contributed by atoms with Crippen molar-refractivity contribution in [3.05, 3.63) is 63.0 Å². The molecule has 0 saturated heterocycles. The molecule has 4 rings (SSSR count). The SMILES string of the molecule is C=C(C)Cn1c(SCc2ccccn2)nc2sc3c(c2c1=O)CCCC3. The van der Waals surface area contributed by atoms with Gasteiger partial charge in [0.2, 0.25) is 0 Å². The summed E-state index contributed by atoms with van der Waals surface area (Å²) in [5, 5.41) is 1.60. The molecule has 0 radical (unpaired) electrons. The molecular weight excluding hydrogens is 362 g/mol. The van der Waals surface area contributed by atoms with Crippen LogP contribution in [0.1, 0.15) is 35.9 Å². The van der Waals surface area contributed by atoms with Crippen molar-refractivity contribution in [3.8, 4) is 0 Å². The van der Waals surface area contributed by atoms with Crippen molar-refractivity contribution in [1.29, 1.82) is 0 Å². The number of thioether (sulfide) groups is 1. The van der Waals surface area contributed by atoms with Crippen LogP contribution in [0.2, 0.25) is 0 Å². The van der Waals surface area contributed by atoms with Gasteiger partial charge in [0.1, 0.15) is 4.83 Å². The summed E-state index contributed by atoms with van der Waals surface area (Å²) in [4.78, 5) is 24.8. The van der Waals surface area contributed by atoms with Gasteiger partial charge in [0.05, 0.1) is 11.1 Å². The zero-order valence-corrected chi connectivity index (χ0v) is 16.5. The number of fused-ring (bicyclic) bond motifs is 3. The zero-order valence-electron chi connectivity index (χ0n) is 14.8. The van der Waals surface area contributed by atoms with Crippen molar-refractivity contribution < 1.29 is 0 Å². The number of hydrogen-bond acceptors (Lipinski definition) is 5. The van der Waals surface area contributed by atoms with E-state index in [1.54, 1.807) is 33.9 Å². The molecule has 0 amide bonds. The number of thiophene rings is 1. The van der Waals surface area contributed by atoms with E-state index in [2.05, 4.69) is 11.6 Å².